The van der Waals surface area contributed by atoms with E-state index in [2.05, 4.69) is 41.9 Å². The average molecular weight is 398 g/mol. The van der Waals surface area contributed by atoms with Crippen LogP contribution in [0.5, 0.6) is 0 Å². The fraction of sp³-hybridized carbons (Fsp3) is 0. The molecule has 1 aromatic carbocycles. The van der Waals surface area contributed by atoms with E-state index in [4.69, 9.17) is 0 Å². The van der Waals surface area contributed by atoms with E-state index in [0.29, 0.717) is 11.3 Å². The van der Waals surface area contributed by atoms with Crippen LogP contribution >= 0.6 is 31.9 Å². The summed E-state index contributed by atoms with van der Waals surface area (Å²) in [5.74, 6) is 0.573. The van der Waals surface area contributed by atoms with Gasteiger partial charge in [-0.2, -0.15) is 5.10 Å². The van der Waals surface area contributed by atoms with E-state index in [0.717, 1.165) is 14.3 Å². The lowest BCUT2D eigenvalue weighted by molar-refractivity contribution is -0.384. The highest BCUT2D eigenvalue weighted by Crippen LogP contribution is 2.27. The van der Waals surface area contributed by atoms with Crippen molar-refractivity contribution in [3.63, 3.8) is 0 Å². The Morgan fingerprint density at radius 1 is 1.20 bits per heavy atom. The number of nitrogens with zero attached hydrogens (tertiary/aromatic N) is 4. The number of hydrogen-bond acceptors (Lipinski definition) is 4. The summed E-state index contributed by atoms with van der Waals surface area (Å²) >= 11 is 6.74. The van der Waals surface area contributed by atoms with E-state index in [1.807, 2.05) is 6.07 Å². The predicted octanol–water partition coefficient (Wildman–Crippen LogP) is 3.85. The maximum absolute atomic E-state index is 10.9. The third-order valence-corrected chi connectivity index (χ3v) is 3.77. The molecule has 6 nitrogen and oxygen atoms in total. The maximum atomic E-state index is 10.9. The Bertz CT molecular complexity index is 831. The predicted molar refractivity (Wildman–Crippen MR) is 80.9 cm³/mol. The molecule has 0 aliphatic rings. The van der Waals surface area contributed by atoms with Crippen molar-refractivity contribution in [2.75, 3.05) is 0 Å². The van der Waals surface area contributed by atoms with Crippen molar-refractivity contribution in [3.8, 4) is 5.82 Å². The summed E-state index contributed by atoms with van der Waals surface area (Å²) in [6.45, 7) is 0. The van der Waals surface area contributed by atoms with Crippen molar-refractivity contribution in [1.29, 1.82) is 0 Å². The number of aromatic nitrogens is 3. The molecule has 0 unspecified atom stereocenters. The number of hydrogen-bond donors (Lipinski definition) is 0. The number of halogens is 2. The highest BCUT2D eigenvalue weighted by molar-refractivity contribution is 9.11. The molecule has 20 heavy (non-hydrogen) atoms. The summed E-state index contributed by atoms with van der Waals surface area (Å²) in [6, 6.07) is 6.45. The SMILES string of the molecule is O=[N+]([O-])c1ccc2cnn(-c3ncc(Br)cc3Br)c2c1. The first-order valence-electron chi connectivity index (χ1n) is 5.50. The maximum Gasteiger partial charge on any atom is 0.271 e. The van der Waals surface area contributed by atoms with Crippen molar-refractivity contribution in [1.82, 2.24) is 14.8 Å². The lowest BCUT2D eigenvalue weighted by atomic mass is 10.2. The lowest BCUT2D eigenvalue weighted by Gasteiger charge is -2.05. The Kier molecular flexibility index (Phi) is 3.27. The van der Waals surface area contributed by atoms with Crippen LogP contribution in [0, 0.1) is 10.1 Å². The molecule has 100 valence electrons. The Labute approximate surface area is 129 Å². The van der Waals surface area contributed by atoms with Crippen LogP contribution < -0.4 is 0 Å². The molecular formula is C12H6Br2N4O2. The molecule has 3 aromatic rings. The minimum atomic E-state index is -0.430. The largest absolute Gasteiger partial charge is 0.271 e. The molecular weight excluding hydrogens is 392 g/mol. The van der Waals surface area contributed by atoms with Gasteiger partial charge in [0.15, 0.2) is 5.82 Å². The number of nitro groups is 1. The van der Waals surface area contributed by atoms with E-state index in [1.165, 1.54) is 12.1 Å². The van der Waals surface area contributed by atoms with Gasteiger partial charge in [0.1, 0.15) is 0 Å². The first-order valence-corrected chi connectivity index (χ1v) is 7.08. The standard InChI is InChI=1S/C12H6Br2N4O2/c13-8-3-10(14)12(15-6-8)17-11-4-9(18(19)20)2-1-7(11)5-16-17/h1-6H. The molecule has 0 saturated carbocycles. The molecule has 0 aliphatic heterocycles. The van der Waals surface area contributed by atoms with Gasteiger partial charge in [-0.1, -0.05) is 0 Å². The van der Waals surface area contributed by atoms with Crippen molar-refractivity contribution in [2.45, 2.75) is 0 Å². The van der Waals surface area contributed by atoms with Gasteiger partial charge in [-0.3, -0.25) is 10.1 Å². The number of nitro benzene ring substituents is 1. The van der Waals surface area contributed by atoms with Gasteiger partial charge in [-0.05, 0) is 44.0 Å². The molecule has 0 saturated heterocycles. The van der Waals surface area contributed by atoms with Gasteiger partial charge in [0.25, 0.3) is 5.69 Å². The lowest BCUT2D eigenvalue weighted by Crippen LogP contribution is -2.00. The monoisotopic (exact) mass is 396 g/mol. The van der Waals surface area contributed by atoms with Gasteiger partial charge in [0, 0.05) is 28.2 Å². The molecule has 8 heteroatoms. The smallest absolute Gasteiger partial charge is 0.258 e. The molecule has 2 heterocycles. The second kappa shape index (κ2) is 4.95. The molecule has 0 atom stereocenters. The zero-order chi connectivity index (χ0) is 14.3. The zero-order valence-corrected chi connectivity index (χ0v) is 13.0. The Morgan fingerprint density at radius 2 is 2.00 bits per heavy atom. The molecule has 0 amide bonds. The number of fused-ring (bicyclic) bond motifs is 1. The number of pyridine rings is 1. The van der Waals surface area contributed by atoms with E-state index in [1.54, 1.807) is 23.1 Å². The van der Waals surface area contributed by atoms with Gasteiger partial charge in [0.2, 0.25) is 0 Å². The van der Waals surface area contributed by atoms with Crippen LogP contribution in [0.15, 0.2) is 45.6 Å². The van der Waals surface area contributed by atoms with Crippen LogP contribution in [0.25, 0.3) is 16.7 Å². The number of rotatable bonds is 2. The van der Waals surface area contributed by atoms with Crippen molar-refractivity contribution >= 4 is 48.5 Å². The van der Waals surface area contributed by atoms with Crippen LogP contribution in [0.4, 0.5) is 5.69 Å². The van der Waals surface area contributed by atoms with Crippen LogP contribution in [0.3, 0.4) is 0 Å². The van der Waals surface area contributed by atoms with Crippen molar-refractivity contribution < 1.29 is 4.92 Å². The van der Waals surface area contributed by atoms with Crippen LogP contribution in [-0.2, 0) is 0 Å². The Morgan fingerprint density at radius 3 is 2.70 bits per heavy atom. The normalized spacial score (nSPS) is 10.9. The fourth-order valence-electron chi connectivity index (χ4n) is 1.85. The highest BCUT2D eigenvalue weighted by Gasteiger charge is 2.13. The van der Waals surface area contributed by atoms with E-state index >= 15 is 0 Å². The summed E-state index contributed by atoms with van der Waals surface area (Å²) < 4.78 is 3.14. The Hall–Kier alpha value is -1.80. The summed E-state index contributed by atoms with van der Waals surface area (Å²) in [7, 11) is 0. The molecule has 0 fully saturated rings. The van der Waals surface area contributed by atoms with E-state index in [9.17, 15) is 10.1 Å². The molecule has 3 rings (SSSR count). The summed E-state index contributed by atoms with van der Waals surface area (Å²) in [4.78, 5) is 14.7. The highest BCUT2D eigenvalue weighted by atomic mass is 79.9. The van der Waals surface area contributed by atoms with Crippen molar-refractivity contribution in [2.24, 2.45) is 0 Å². The zero-order valence-electron chi connectivity index (χ0n) is 9.83. The van der Waals surface area contributed by atoms with Crippen LogP contribution in [-0.4, -0.2) is 19.7 Å². The quantitative estimate of drug-likeness (QED) is 0.486. The van der Waals surface area contributed by atoms with Gasteiger partial charge in [-0.15, -0.1) is 0 Å². The summed E-state index contributed by atoms with van der Waals surface area (Å²) in [5.41, 5.74) is 0.655. The molecule has 0 N–H and O–H groups in total. The van der Waals surface area contributed by atoms with Crippen LogP contribution in [0.1, 0.15) is 0 Å². The van der Waals surface area contributed by atoms with Crippen molar-refractivity contribution in [3.05, 3.63) is 55.7 Å². The van der Waals surface area contributed by atoms with Gasteiger partial charge in [-0.25, -0.2) is 9.67 Å². The van der Waals surface area contributed by atoms with Gasteiger partial charge in [0.05, 0.1) is 21.1 Å². The summed E-state index contributed by atoms with van der Waals surface area (Å²) in [5, 5.41) is 15.9. The third-order valence-electron chi connectivity index (χ3n) is 2.75. The third kappa shape index (κ3) is 2.20. The number of non-ortho nitro benzene ring substituents is 1. The molecule has 0 bridgehead atoms. The minimum absolute atomic E-state index is 0.0208. The van der Waals surface area contributed by atoms with Gasteiger partial charge >= 0.3 is 0 Å². The molecule has 0 radical (unpaired) electrons. The van der Waals surface area contributed by atoms with Crippen LogP contribution in [0.2, 0.25) is 0 Å². The topological polar surface area (TPSA) is 73.8 Å². The second-order valence-corrected chi connectivity index (χ2v) is 5.79. The Balaban J connectivity index is 2.25. The fourth-order valence-corrected chi connectivity index (χ4v) is 3.01. The minimum Gasteiger partial charge on any atom is -0.258 e. The second-order valence-electron chi connectivity index (χ2n) is 4.02. The van der Waals surface area contributed by atoms with Gasteiger partial charge < -0.3 is 0 Å². The molecule has 0 aliphatic carbocycles. The molecule has 0 spiro atoms. The first-order chi connectivity index (χ1) is 9.56. The average Bonchev–Trinajstić information content (AvgIpc) is 2.81. The number of benzene rings is 1. The first kappa shape index (κ1) is 13.2. The summed E-state index contributed by atoms with van der Waals surface area (Å²) in [6.07, 6.45) is 3.29. The molecule has 2 aromatic heterocycles. The van der Waals surface area contributed by atoms with E-state index < -0.39 is 4.92 Å². The van der Waals surface area contributed by atoms with E-state index in [-0.39, 0.29) is 5.69 Å².